The number of amides is 1. The number of nitrogens with zero attached hydrogens (tertiary/aromatic N) is 2. The molecule has 6 nitrogen and oxygen atoms in total. The number of ether oxygens (including phenoxy) is 2. The topological polar surface area (TPSA) is 72.8 Å². The lowest BCUT2D eigenvalue weighted by molar-refractivity contribution is -0.123. The number of hydrazone groups is 1. The summed E-state index contributed by atoms with van der Waals surface area (Å²) in [6.07, 6.45) is 3.11. The molecule has 1 N–H and O–H groups in total. The molecule has 0 bridgehead atoms. The summed E-state index contributed by atoms with van der Waals surface area (Å²) >= 11 is 0. The van der Waals surface area contributed by atoms with Crippen molar-refractivity contribution < 1.29 is 14.3 Å². The van der Waals surface area contributed by atoms with E-state index in [0.717, 1.165) is 5.75 Å². The van der Waals surface area contributed by atoms with E-state index < -0.39 is 0 Å². The van der Waals surface area contributed by atoms with E-state index >= 15 is 0 Å². The van der Waals surface area contributed by atoms with Gasteiger partial charge in [-0.05, 0) is 36.4 Å². The van der Waals surface area contributed by atoms with Crippen molar-refractivity contribution in [2.24, 2.45) is 5.10 Å². The summed E-state index contributed by atoms with van der Waals surface area (Å²) in [6, 6.07) is 12.4. The molecule has 0 aliphatic rings. The molecule has 108 valence electrons. The van der Waals surface area contributed by atoms with Gasteiger partial charge in [0.1, 0.15) is 11.5 Å². The van der Waals surface area contributed by atoms with Gasteiger partial charge in [-0.25, -0.2) is 5.43 Å². The van der Waals surface area contributed by atoms with Crippen LogP contribution in [-0.4, -0.2) is 30.8 Å². The van der Waals surface area contributed by atoms with Crippen LogP contribution in [0.1, 0.15) is 5.69 Å². The van der Waals surface area contributed by atoms with Gasteiger partial charge in [0.2, 0.25) is 0 Å². The first kappa shape index (κ1) is 14.5. The lowest BCUT2D eigenvalue weighted by atomic mass is 10.3. The number of rotatable bonds is 6. The smallest absolute Gasteiger partial charge is 0.277 e. The second-order valence-corrected chi connectivity index (χ2v) is 4.01. The summed E-state index contributed by atoms with van der Waals surface area (Å²) in [7, 11) is 1.59. The molecule has 21 heavy (non-hydrogen) atoms. The van der Waals surface area contributed by atoms with Gasteiger partial charge >= 0.3 is 0 Å². The Kier molecular flexibility index (Phi) is 5.28. The lowest BCUT2D eigenvalue weighted by Gasteiger charge is -2.05. The van der Waals surface area contributed by atoms with E-state index in [9.17, 15) is 4.79 Å². The van der Waals surface area contributed by atoms with Crippen LogP contribution in [0.2, 0.25) is 0 Å². The Morgan fingerprint density at radius 3 is 2.67 bits per heavy atom. The third-order valence-corrected chi connectivity index (χ3v) is 2.50. The number of hydrogen-bond acceptors (Lipinski definition) is 5. The Balaban J connectivity index is 1.75. The Bertz CT molecular complexity index is 597. The molecule has 0 spiro atoms. The van der Waals surface area contributed by atoms with E-state index in [0.29, 0.717) is 11.4 Å². The third kappa shape index (κ3) is 4.94. The number of carbonyl (C=O) groups excluding carboxylic acids is 1. The van der Waals surface area contributed by atoms with Crippen LogP contribution in [0.3, 0.4) is 0 Å². The van der Waals surface area contributed by atoms with Gasteiger partial charge < -0.3 is 9.47 Å². The first-order valence-electron chi connectivity index (χ1n) is 6.28. The van der Waals surface area contributed by atoms with Gasteiger partial charge in [0.05, 0.1) is 19.0 Å². The second-order valence-electron chi connectivity index (χ2n) is 4.01. The fraction of sp³-hybridized carbons (Fsp3) is 0.133. The predicted molar refractivity (Wildman–Crippen MR) is 78.5 cm³/mol. The fourth-order valence-corrected chi connectivity index (χ4v) is 1.48. The molecule has 6 heteroatoms. The SMILES string of the molecule is COc1ccc(OCC(=O)N/N=C/c2ccccn2)cc1. The first-order chi connectivity index (χ1) is 10.3. The van der Waals surface area contributed by atoms with E-state index in [1.807, 2.05) is 6.07 Å². The molecule has 0 atom stereocenters. The van der Waals surface area contributed by atoms with Crippen LogP contribution < -0.4 is 14.9 Å². The maximum Gasteiger partial charge on any atom is 0.277 e. The van der Waals surface area contributed by atoms with E-state index in [1.165, 1.54) is 6.21 Å². The molecule has 1 aromatic carbocycles. The molecule has 0 saturated carbocycles. The van der Waals surface area contributed by atoms with Crippen molar-refractivity contribution in [2.45, 2.75) is 0 Å². The van der Waals surface area contributed by atoms with Crippen LogP contribution in [0.5, 0.6) is 11.5 Å². The predicted octanol–water partition coefficient (Wildman–Crippen LogP) is 1.62. The maximum atomic E-state index is 11.5. The number of aromatic nitrogens is 1. The minimum absolute atomic E-state index is 0.119. The van der Waals surface area contributed by atoms with Crippen LogP contribution in [0, 0.1) is 0 Å². The molecule has 1 amide bonds. The van der Waals surface area contributed by atoms with E-state index in [1.54, 1.807) is 49.7 Å². The summed E-state index contributed by atoms with van der Waals surface area (Å²) in [5.41, 5.74) is 3.03. The first-order valence-corrected chi connectivity index (χ1v) is 6.28. The van der Waals surface area contributed by atoms with Crippen molar-refractivity contribution in [1.29, 1.82) is 0 Å². The van der Waals surface area contributed by atoms with Crippen LogP contribution in [-0.2, 0) is 4.79 Å². The summed E-state index contributed by atoms with van der Waals surface area (Å²) in [5, 5.41) is 3.79. The quantitative estimate of drug-likeness (QED) is 0.646. The molecule has 0 fully saturated rings. The van der Waals surface area contributed by atoms with E-state index in [4.69, 9.17) is 9.47 Å². The number of carbonyl (C=O) groups is 1. The van der Waals surface area contributed by atoms with Crippen molar-refractivity contribution in [3.63, 3.8) is 0 Å². The van der Waals surface area contributed by atoms with Crippen LogP contribution in [0.25, 0.3) is 0 Å². The molecular formula is C15H15N3O3. The molecule has 0 radical (unpaired) electrons. The molecular weight excluding hydrogens is 270 g/mol. The summed E-state index contributed by atoms with van der Waals surface area (Å²) in [5.74, 6) is 0.962. The van der Waals surface area contributed by atoms with E-state index in [-0.39, 0.29) is 12.5 Å². The summed E-state index contributed by atoms with van der Waals surface area (Å²) < 4.78 is 10.3. The molecule has 0 aliphatic heterocycles. The maximum absolute atomic E-state index is 11.5. The Morgan fingerprint density at radius 2 is 2.00 bits per heavy atom. The van der Waals surface area contributed by atoms with Crippen molar-refractivity contribution in [3.05, 3.63) is 54.4 Å². The molecule has 0 unspecified atom stereocenters. The van der Waals surface area contributed by atoms with Crippen molar-refractivity contribution in [3.8, 4) is 11.5 Å². The number of hydrogen-bond donors (Lipinski definition) is 1. The summed E-state index contributed by atoms with van der Waals surface area (Å²) in [4.78, 5) is 15.6. The Labute approximate surface area is 122 Å². The van der Waals surface area contributed by atoms with Gasteiger partial charge in [-0.1, -0.05) is 6.07 Å². The van der Waals surface area contributed by atoms with Gasteiger partial charge in [-0.2, -0.15) is 5.10 Å². The van der Waals surface area contributed by atoms with Crippen LogP contribution in [0.15, 0.2) is 53.8 Å². The zero-order chi connectivity index (χ0) is 14.9. The Hall–Kier alpha value is -2.89. The average molecular weight is 285 g/mol. The number of methoxy groups -OCH3 is 1. The lowest BCUT2D eigenvalue weighted by Crippen LogP contribution is -2.24. The highest BCUT2D eigenvalue weighted by Gasteiger charge is 2.01. The van der Waals surface area contributed by atoms with Gasteiger partial charge in [-0.3, -0.25) is 9.78 Å². The molecule has 1 heterocycles. The van der Waals surface area contributed by atoms with Gasteiger partial charge in [0.15, 0.2) is 6.61 Å². The average Bonchev–Trinajstić information content (AvgIpc) is 2.54. The number of benzene rings is 1. The Morgan fingerprint density at radius 1 is 1.24 bits per heavy atom. The van der Waals surface area contributed by atoms with Crippen molar-refractivity contribution >= 4 is 12.1 Å². The minimum atomic E-state index is -0.349. The van der Waals surface area contributed by atoms with Crippen LogP contribution in [0.4, 0.5) is 0 Å². The van der Waals surface area contributed by atoms with E-state index in [2.05, 4.69) is 15.5 Å². The molecule has 2 aromatic rings. The number of nitrogens with one attached hydrogen (secondary N) is 1. The third-order valence-electron chi connectivity index (χ3n) is 2.50. The largest absolute Gasteiger partial charge is 0.497 e. The molecule has 1 aromatic heterocycles. The highest BCUT2D eigenvalue weighted by molar-refractivity contribution is 5.81. The molecule has 2 rings (SSSR count). The minimum Gasteiger partial charge on any atom is -0.497 e. The normalized spacial score (nSPS) is 10.3. The molecule has 0 saturated heterocycles. The number of pyridine rings is 1. The monoisotopic (exact) mass is 285 g/mol. The zero-order valence-electron chi connectivity index (χ0n) is 11.5. The zero-order valence-corrected chi connectivity index (χ0v) is 11.5. The molecule has 0 aliphatic carbocycles. The van der Waals surface area contributed by atoms with Crippen LogP contribution >= 0.6 is 0 Å². The standard InChI is InChI=1S/C15H15N3O3/c1-20-13-5-7-14(8-6-13)21-11-15(19)18-17-10-12-4-2-3-9-16-12/h2-10H,11H2,1H3,(H,18,19)/b17-10+. The fourth-order valence-electron chi connectivity index (χ4n) is 1.48. The van der Waals surface area contributed by atoms with Crippen molar-refractivity contribution in [2.75, 3.05) is 13.7 Å². The van der Waals surface area contributed by atoms with Gasteiger partial charge in [0, 0.05) is 6.20 Å². The second kappa shape index (κ2) is 7.64. The van der Waals surface area contributed by atoms with Crippen molar-refractivity contribution in [1.82, 2.24) is 10.4 Å². The van der Waals surface area contributed by atoms with Gasteiger partial charge in [-0.15, -0.1) is 0 Å². The highest BCUT2D eigenvalue weighted by atomic mass is 16.5. The van der Waals surface area contributed by atoms with Gasteiger partial charge in [0.25, 0.3) is 5.91 Å². The summed E-state index contributed by atoms with van der Waals surface area (Å²) in [6.45, 7) is -0.119. The highest BCUT2D eigenvalue weighted by Crippen LogP contribution is 2.16.